The van der Waals surface area contributed by atoms with Gasteiger partial charge in [-0.05, 0) is 29.2 Å². The molecular weight excluding hydrogens is 232 g/mol. The molecule has 0 unspecified atom stereocenters. The number of hydrogen-bond acceptors (Lipinski definition) is 1. The summed E-state index contributed by atoms with van der Waals surface area (Å²) in [6, 6.07) is 5.61. The molecule has 0 radical (unpaired) electrons. The molecule has 0 bridgehead atoms. The zero-order valence-electron chi connectivity index (χ0n) is 9.43. The summed E-state index contributed by atoms with van der Waals surface area (Å²) in [7, 11) is 0. The van der Waals surface area contributed by atoms with Crippen molar-refractivity contribution in [3.63, 3.8) is 0 Å². The van der Waals surface area contributed by atoms with Crippen molar-refractivity contribution in [1.29, 1.82) is 0 Å². The first-order chi connectivity index (χ1) is 7.50. The van der Waals surface area contributed by atoms with E-state index in [9.17, 15) is 8.78 Å². The van der Waals surface area contributed by atoms with Crippen LogP contribution in [0.25, 0.3) is 0 Å². The Morgan fingerprint density at radius 2 is 2.00 bits per heavy atom. The van der Waals surface area contributed by atoms with Crippen LogP contribution < -0.4 is 5.32 Å². The van der Waals surface area contributed by atoms with E-state index < -0.39 is 6.43 Å². The minimum Gasteiger partial charge on any atom is -0.307 e. The molecule has 4 heteroatoms. The fourth-order valence-corrected chi connectivity index (χ4v) is 1.80. The maximum atomic E-state index is 12.0. The fraction of sp³-hybridized carbons (Fsp3) is 0.500. The molecule has 1 N–H and O–H groups in total. The molecule has 0 aliphatic heterocycles. The van der Waals surface area contributed by atoms with Crippen LogP contribution in [0.1, 0.15) is 30.9 Å². The predicted octanol–water partition coefficient (Wildman–Crippen LogP) is 3.82. The van der Waals surface area contributed by atoms with E-state index in [2.05, 4.69) is 19.2 Å². The second kappa shape index (κ2) is 6.16. The van der Waals surface area contributed by atoms with Crippen LogP contribution in [-0.2, 0) is 6.54 Å². The van der Waals surface area contributed by atoms with Gasteiger partial charge in [-0.15, -0.1) is 0 Å². The van der Waals surface area contributed by atoms with Crippen LogP contribution in [0, 0.1) is 0 Å². The maximum Gasteiger partial charge on any atom is 0.250 e. The molecule has 1 aromatic carbocycles. The van der Waals surface area contributed by atoms with Crippen molar-refractivity contribution in [2.45, 2.75) is 32.7 Å². The number of hydrogen-bond donors (Lipinski definition) is 1. The first kappa shape index (κ1) is 13.4. The molecule has 90 valence electrons. The molecule has 1 aromatic rings. The number of nitrogens with one attached hydrogen (secondary N) is 1. The van der Waals surface area contributed by atoms with Crippen LogP contribution in [0.4, 0.5) is 8.78 Å². The molecule has 0 aromatic heterocycles. The lowest BCUT2D eigenvalue weighted by Gasteiger charge is -2.13. The summed E-state index contributed by atoms with van der Waals surface area (Å²) in [4.78, 5) is 0. The number of halogens is 3. The molecule has 0 saturated heterocycles. The van der Waals surface area contributed by atoms with Crippen LogP contribution in [0.15, 0.2) is 18.2 Å². The molecule has 0 aliphatic rings. The van der Waals surface area contributed by atoms with Gasteiger partial charge < -0.3 is 5.32 Å². The number of alkyl halides is 2. The van der Waals surface area contributed by atoms with E-state index in [1.807, 2.05) is 18.2 Å². The Bertz CT molecular complexity index is 340. The maximum absolute atomic E-state index is 12.0. The van der Waals surface area contributed by atoms with Gasteiger partial charge in [0.05, 0.1) is 6.54 Å². The summed E-state index contributed by atoms with van der Waals surface area (Å²) >= 11 is 5.89. The molecule has 0 atom stereocenters. The lowest BCUT2D eigenvalue weighted by molar-refractivity contribution is 0.145. The van der Waals surface area contributed by atoms with Crippen molar-refractivity contribution in [3.8, 4) is 0 Å². The zero-order valence-corrected chi connectivity index (χ0v) is 10.2. The van der Waals surface area contributed by atoms with Crippen molar-refractivity contribution in [3.05, 3.63) is 34.3 Å². The number of benzene rings is 1. The molecule has 0 heterocycles. The third kappa shape index (κ3) is 4.06. The minimum atomic E-state index is -2.32. The van der Waals surface area contributed by atoms with E-state index in [0.29, 0.717) is 17.5 Å². The molecule has 0 spiro atoms. The standard InChI is InChI=1S/C12H16ClF2N/c1-8(2)11-4-3-10(13)5-9(11)6-16-7-12(14)15/h3-5,8,12,16H,6-7H2,1-2H3. The number of rotatable bonds is 5. The normalized spacial score (nSPS) is 11.4. The van der Waals surface area contributed by atoms with Gasteiger partial charge in [-0.25, -0.2) is 8.78 Å². The Kier molecular flexibility index (Phi) is 5.16. The van der Waals surface area contributed by atoms with E-state index in [0.717, 1.165) is 11.1 Å². The van der Waals surface area contributed by atoms with Crippen LogP contribution in [-0.4, -0.2) is 13.0 Å². The third-order valence-electron chi connectivity index (χ3n) is 2.34. The summed E-state index contributed by atoms with van der Waals surface area (Å²) in [5.74, 6) is 0.362. The highest BCUT2D eigenvalue weighted by Gasteiger charge is 2.08. The molecule has 0 aliphatic carbocycles. The van der Waals surface area contributed by atoms with Crippen LogP contribution in [0.3, 0.4) is 0 Å². The van der Waals surface area contributed by atoms with Gasteiger partial charge in [0.15, 0.2) is 0 Å². The molecule has 0 saturated carbocycles. The minimum absolute atomic E-state index is 0.288. The summed E-state index contributed by atoms with van der Waals surface area (Å²) < 4.78 is 24.0. The van der Waals surface area contributed by atoms with Gasteiger partial charge in [0.1, 0.15) is 0 Å². The third-order valence-corrected chi connectivity index (χ3v) is 2.58. The molecule has 0 fully saturated rings. The van der Waals surface area contributed by atoms with E-state index >= 15 is 0 Å². The Hall–Kier alpha value is -0.670. The highest BCUT2D eigenvalue weighted by Crippen LogP contribution is 2.22. The highest BCUT2D eigenvalue weighted by molar-refractivity contribution is 6.30. The van der Waals surface area contributed by atoms with Crippen LogP contribution in [0.5, 0.6) is 0 Å². The summed E-state index contributed by atoms with van der Waals surface area (Å²) in [5.41, 5.74) is 2.13. The molecule has 1 nitrogen and oxygen atoms in total. The summed E-state index contributed by atoms with van der Waals surface area (Å²) in [5, 5.41) is 3.35. The van der Waals surface area contributed by atoms with Gasteiger partial charge in [-0.2, -0.15) is 0 Å². The summed E-state index contributed by atoms with van der Waals surface area (Å²) in [6.45, 7) is 4.28. The second-order valence-corrected chi connectivity index (χ2v) is 4.46. The largest absolute Gasteiger partial charge is 0.307 e. The highest BCUT2D eigenvalue weighted by atomic mass is 35.5. The molecule has 16 heavy (non-hydrogen) atoms. The first-order valence-corrected chi connectivity index (χ1v) is 5.65. The topological polar surface area (TPSA) is 12.0 Å². The van der Waals surface area contributed by atoms with E-state index in [-0.39, 0.29) is 6.54 Å². The van der Waals surface area contributed by atoms with Crippen molar-refractivity contribution in [2.24, 2.45) is 0 Å². The van der Waals surface area contributed by atoms with Crippen molar-refractivity contribution >= 4 is 11.6 Å². The van der Waals surface area contributed by atoms with Gasteiger partial charge in [0.2, 0.25) is 0 Å². The Labute approximate surface area is 99.8 Å². The Morgan fingerprint density at radius 3 is 2.56 bits per heavy atom. The average Bonchev–Trinajstić information content (AvgIpc) is 2.16. The smallest absolute Gasteiger partial charge is 0.250 e. The van der Waals surface area contributed by atoms with E-state index in [4.69, 9.17) is 11.6 Å². The van der Waals surface area contributed by atoms with Crippen molar-refractivity contribution in [1.82, 2.24) is 5.32 Å². The monoisotopic (exact) mass is 247 g/mol. The van der Waals surface area contributed by atoms with Gasteiger partial charge in [-0.1, -0.05) is 31.5 Å². The van der Waals surface area contributed by atoms with Crippen molar-refractivity contribution in [2.75, 3.05) is 6.54 Å². The quantitative estimate of drug-likeness (QED) is 0.834. The lowest BCUT2D eigenvalue weighted by atomic mass is 9.97. The van der Waals surface area contributed by atoms with E-state index in [1.165, 1.54) is 0 Å². The fourth-order valence-electron chi connectivity index (χ4n) is 1.61. The van der Waals surface area contributed by atoms with Gasteiger partial charge in [-0.3, -0.25) is 0 Å². The second-order valence-electron chi connectivity index (χ2n) is 4.02. The predicted molar refractivity (Wildman–Crippen MR) is 63.3 cm³/mol. The first-order valence-electron chi connectivity index (χ1n) is 5.28. The van der Waals surface area contributed by atoms with Gasteiger partial charge in [0, 0.05) is 11.6 Å². The summed E-state index contributed by atoms with van der Waals surface area (Å²) in [6.07, 6.45) is -2.32. The van der Waals surface area contributed by atoms with Gasteiger partial charge in [0.25, 0.3) is 6.43 Å². The SMILES string of the molecule is CC(C)c1ccc(Cl)cc1CNCC(F)F. The Balaban J connectivity index is 2.72. The van der Waals surface area contributed by atoms with Crippen molar-refractivity contribution < 1.29 is 8.78 Å². The average molecular weight is 248 g/mol. The van der Waals surface area contributed by atoms with Crippen LogP contribution in [0.2, 0.25) is 5.02 Å². The lowest BCUT2D eigenvalue weighted by Crippen LogP contribution is -2.21. The van der Waals surface area contributed by atoms with Crippen LogP contribution >= 0.6 is 11.6 Å². The Morgan fingerprint density at radius 1 is 1.31 bits per heavy atom. The van der Waals surface area contributed by atoms with E-state index in [1.54, 1.807) is 0 Å². The zero-order chi connectivity index (χ0) is 12.1. The molecular formula is C12H16ClF2N. The molecule has 0 amide bonds. The molecule has 1 rings (SSSR count). The van der Waals surface area contributed by atoms with Gasteiger partial charge >= 0.3 is 0 Å².